The lowest BCUT2D eigenvalue weighted by molar-refractivity contribution is 0.100. The molecule has 1 atom stereocenters. The van der Waals surface area contributed by atoms with Crippen LogP contribution in [-0.2, 0) is 6.54 Å². The van der Waals surface area contributed by atoms with Crippen LogP contribution < -0.4 is 11.5 Å². The van der Waals surface area contributed by atoms with Gasteiger partial charge in [-0.15, -0.1) is 0 Å². The predicted molar refractivity (Wildman–Crippen MR) is 72.7 cm³/mol. The molecule has 0 aliphatic carbocycles. The first-order valence-corrected chi connectivity index (χ1v) is 6.38. The van der Waals surface area contributed by atoms with Crippen LogP contribution in [0, 0.1) is 0 Å². The summed E-state index contributed by atoms with van der Waals surface area (Å²) in [7, 11) is 0. The van der Waals surface area contributed by atoms with Gasteiger partial charge in [-0.25, -0.2) is 0 Å². The molecular formula is C14H16N4O. The molecule has 5 nitrogen and oxygen atoms in total. The lowest BCUT2D eigenvalue weighted by Gasteiger charge is -2.23. The fraction of sp³-hybridized carbons (Fsp3) is 0.286. The zero-order valence-corrected chi connectivity index (χ0v) is 10.5. The van der Waals surface area contributed by atoms with Crippen molar-refractivity contribution >= 4 is 11.7 Å². The summed E-state index contributed by atoms with van der Waals surface area (Å²) in [6.45, 7) is 0.919. The van der Waals surface area contributed by atoms with Crippen LogP contribution in [0.5, 0.6) is 0 Å². The quantitative estimate of drug-likeness (QED) is 0.853. The lowest BCUT2D eigenvalue weighted by atomic mass is 9.88. The second-order valence-electron chi connectivity index (χ2n) is 4.90. The van der Waals surface area contributed by atoms with Crippen molar-refractivity contribution in [3.05, 3.63) is 47.2 Å². The molecule has 2 heterocycles. The molecule has 19 heavy (non-hydrogen) atoms. The van der Waals surface area contributed by atoms with Gasteiger partial charge < -0.3 is 11.5 Å². The normalized spacial score (nSPS) is 18.0. The van der Waals surface area contributed by atoms with Gasteiger partial charge in [0.25, 0.3) is 0 Å². The van der Waals surface area contributed by atoms with E-state index < -0.39 is 5.91 Å². The molecule has 0 radical (unpaired) electrons. The minimum atomic E-state index is -0.399. The molecule has 2 aromatic rings. The van der Waals surface area contributed by atoms with Crippen molar-refractivity contribution in [1.29, 1.82) is 0 Å². The Labute approximate surface area is 111 Å². The van der Waals surface area contributed by atoms with Gasteiger partial charge in [-0.1, -0.05) is 12.1 Å². The van der Waals surface area contributed by atoms with Gasteiger partial charge in [0, 0.05) is 29.8 Å². The topological polar surface area (TPSA) is 86.9 Å². The highest BCUT2D eigenvalue weighted by molar-refractivity contribution is 5.92. The third-order valence-electron chi connectivity index (χ3n) is 3.65. The molecule has 0 spiro atoms. The van der Waals surface area contributed by atoms with Gasteiger partial charge in [0.2, 0.25) is 5.91 Å². The van der Waals surface area contributed by atoms with Gasteiger partial charge in [-0.2, -0.15) is 5.10 Å². The first-order chi connectivity index (χ1) is 9.15. The van der Waals surface area contributed by atoms with Gasteiger partial charge in [-0.3, -0.25) is 9.48 Å². The van der Waals surface area contributed by atoms with Gasteiger partial charge in [-0.05, 0) is 30.5 Å². The number of rotatable bonds is 2. The summed E-state index contributed by atoms with van der Waals surface area (Å²) in [5, 5.41) is 4.29. The van der Waals surface area contributed by atoms with E-state index in [9.17, 15) is 4.79 Å². The first kappa shape index (κ1) is 11.8. The highest BCUT2D eigenvalue weighted by atomic mass is 16.1. The summed E-state index contributed by atoms with van der Waals surface area (Å²) >= 11 is 0. The molecule has 1 aliphatic heterocycles. The average molecular weight is 256 g/mol. The molecule has 3 rings (SSSR count). The maximum absolute atomic E-state index is 11.1. The molecule has 1 aromatic carbocycles. The van der Waals surface area contributed by atoms with E-state index in [1.54, 1.807) is 12.1 Å². The van der Waals surface area contributed by atoms with Crippen molar-refractivity contribution in [3.8, 4) is 0 Å². The molecular weight excluding hydrogens is 240 g/mol. The van der Waals surface area contributed by atoms with E-state index in [1.165, 1.54) is 5.56 Å². The maximum atomic E-state index is 11.1. The standard InChI is InChI=1S/C14H16N4O/c15-13-8-12-11(2-1-7-18(12)17-13)9-3-5-10(6-4-9)14(16)19/h3-6,8,11H,1-2,7H2,(H2,15,17)(H2,16,19). The largest absolute Gasteiger partial charge is 0.382 e. The molecule has 4 N–H and O–H groups in total. The van der Waals surface area contributed by atoms with Crippen molar-refractivity contribution < 1.29 is 4.79 Å². The van der Waals surface area contributed by atoms with E-state index >= 15 is 0 Å². The zero-order valence-electron chi connectivity index (χ0n) is 10.5. The number of carbonyl (C=O) groups is 1. The Kier molecular flexibility index (Phi) is 2.74. The zero-order chi connectivity index (χ0) is 13.4. The minimum absolute atomic E-state index is 0.292. The molecule has 1 aliphatic rings. The van der Waals surface area contributed by atoms with Crippen molar-refractivity contribution in [2.45, 2.75) is 25.3 Å². The van der Waals surface area contributed by atoms with E-state index in [0.29, 0.717) is 17.3 Å². The van der Waals surface area contributed by atoms with Crippen LogP contribution in [0.2, 0.25) is 0 Å². The Morgan fingerprint density at radius 1 is 1.32 bits per heavy atom. The fourth-order valence-electron chi connectivity index (χ4n) is 2.72. The predicted octanol–water partition coefficient (Wildman–Crippen LogP) is 1.49. The Morgan fingerprint density at radius 3 is 2.74 bits per heavy atom. The lowest BCUT2D eigenvalue weighted by Crippen LogP contribution is -2.17. The first-order valence-electron chi connectivity index (χ1n) is 6.38. The minimum Gasteiger partial charge on any atom is -0.382 e. The Morgan fingerprint density at radius 2 is 2.05 bits per heavy atom. The smallest absolute Gasteiger partial charge is 0.248 e. The number of carbonyl (C=O) groups excluding carboxylic acids is 1. The monoisotopic (exact) mass is 256 g/mol. The number of nitrogens with zero attached hydrogens (tertiary/aromatic N) is 2. The van der Waals surface area contributed by atoms with Crippen LogP contribution in [0.1, 0.15) is 40.4 Å². The number of hydrogen-bond acceptors (Lipinski definition) is 3. The molecule has 0 saturated heterocycles. The molecule has 0 fully saturated rings. The van der Waals surface area contributed by atoms with Crippen molar-refractivity contribution in [2.75, 3.05) is 5.73 Å². The van der Waals surface area contributed by atoms with Gasteiger partial charge in [0.05, 0.1) is 0 Å². The van der Waals surface area contributed by atoms with Crippen LogP contribution >= 0.6 is 0 Å². The van der Waals surface area contributed by atoms with Crippen LogP contribution in [0.15, 0.2) is 30.3 Å². The van der Waals surface area contributed by atoms with E-state index in [4.69, 9.17) is 11.5 Å². The van der Waals surface area contributed by atoms with Crippen LogP contribution in [0.4, 0.5) is 5.82 Å². The van der Waals surface area contributed by atoms with E-state index in [-0.39, 0.29) is 0 Å². The highest BCUT2D eigenvalue weighted by Crippen LogP contribution is 2.34. The summed E-state index contributed by atoms with van der Waals surface area (Å²) in [4.78, 5) is 11.1. The van der Waals surface area contributed by atoms with E-state index in [1.807, 2.05) is 22.9 Å². The SMILES string of the molecule is NC(=O)c1ccc(C2CCCn3nc(N)cc32)cc1. The molecule has 1 amide bonds. The van der Waals surface area contributed by atoms with Crippen LogP contribution in [0.25, 0.3) is 0 Å². The van der Waals surface area contributed by atoms with Gasteiger partial charge in [0.1, 0.15) is 5.82 Å². The second kappa shape index (κ2) is 4.42. The molecule has 1 unspecified atom stereocenters. The summed E-state index contributed by atoms with van der Waals surface area (Å²) in [5.74, 6) is 0.459. The number of nitrogen functional groups attached to an aromatic ring is 1. The number of nitrogens with two attached hydrogens (primary N) is 2. The molecule has 0 saturated carbocycles. The Bertz CT molecular complexity index is 615. The Balaban J connectivity index is 1.96. The van der Waals surface area contributed by atoms with Crippen LogP contribution in [0.3, 0.4) is 0 Å². The number of hydrogen-bond donors (Lipinski definition) is 2. The van der Waals surface area contributed by atoms with E-state index in [2.05, 4.69) is 5.10 Å². The maximum Gasteiger partial charge on any atom is 0.248 e. The van der Waals surface area contributed by atoms with Crippen molar-refractivity contribution in [2.24, 2.45) is 5.73 Å². The number of primary amides is 1. The van der Waals surface area contributed by atoms with Gasteiger partial charge >= 0.3 is 0 Å². The number of anilines is 1. The summed E-state index contributed by atoms with van der Waals surface area (Å²) < 4.78 is 1.98. The molecule has 5 heteroatoms. The summed E-state index contributed by atoms with van der Waals surface area (Å²) in [6, 6.07) is 9.41. The van der Waals surface area contributed by atoms with Crippen LogP contribution in [-0.4, -0.2) is 15.7 Å². The van der Waals surface area contributed by atoms with Gasteiger partial charge in [0.15, 0.2) is 0 Å². The molecule has 1 aromatic heterocycles. The van der Waals surface area contributed by atoms with Crippen molar-refractivity contribution in [3.63, 3.8) is 0 Å². The molecule has 0 bridgehead atoms. The summed E-state index contributed by atoms with van der Waals surface area (Å²) in [5.41, 5.74) is 13.9. The third kappa shape index (κ3) is 2.07. The van der Waals surface area contributed by atoms with E-state index in [0.717, 1.165) is 25.1 Å². The fourth-order valence-corrected chi connectivity index (χ4v) is 2.72. The highest BCUT2D eigenvalue weighted by Gasteiger charge is 2.23. The second-order valence-corrected chi connectivity index (χ2v) is 4.90. The Hall–Kier alpha value is -2.30. The summed E-state index contributed by atoms with van der Waals surface area (Å²) in [6.07, 6.45) is 2.15. The number of aryl methyl sites for hydroxylation is 1. The van der Waals surface area contributed by atoms with Crippen molar-refractivity contribution in [1.82, 2.24) is 9.78 Å². The number of fused-ring (bicyclic) bond motifs is 1. The number of benzene rings is 1. The third-order valence-corrected chi connectivity index (χ3v) is 3.65. The number of amides is 1. The number of aromatic nitrogens is 2. The molecule has 98 valence electrons. The average Bonchev–Trinajstić information content (AvgIpc) is 2.78.